The van der Waals surface area contributed by atoms with Gasteiger partial charge in [0.15, 0.2) is 0 Å². The Morgan fingerprint density at radius 3 is 1.81 bits per heavy atom. The first kappa shape index (κ1) is 25.1. The molecule has 0 spiro atoms. The van der Waals surface area contributed by atoms with Gasteiger partial charge < -0.3 is 19.3 Å². The number of rotatable bonds is 14. The molecule has 156 valence electrons. The second kappa shape index (κ2) is 15.2. The van der Waals surface area contributed by atoms with Crippen molar-refractivity contribution in [2.45, 2.75) is 77.2 Å². The largest absolute Gasteiger partial charge is 0.469 e. The Morgan fingerprint density at radius 2 is 1.30 bits per heavy atom. The van der Waals surface area contributed by atoms with E-state index in [1.807, 2.05) is 0 Å². The van der Waals surface area contributed by atoms with Crippen molar-refractivity contribution in [2.75, 3.05) is 21.3 Å². The first-order chi connectivity index (χ1) is 12.9. The van der Waals surface area contributed by atoms with Crippen LogP contribution in [-0.2, 0) is 28.6 Å². The van der Waals surface area contributed by atoms with Gasteiger partial charge in [-0.1, -0.05) is 51.9 Å². The second-order valence-corrected chi connectivity index (χ2v) is 6.46. The molecule has 0 aliphatic rings. The highest BCUT2D eigenvalue weighted by molar-refractivity contribution is 6.03. The molecule has 7 heteroatoms. The van der Waals surface area contributed by atoms with Crippen LogP contribution < -0.4 is 0 Å². The Morgan fingerprint density at radius 1 is 0.778 bits per heavy atom. The van der Waals surface area contributed by atoms with E-state index in [0.717, 1.165) is 26.4 Å². The van der Waals surface area contributed by atoms with Gasteiger partial charge >= 0.3 is 17.9 Å². The highest BCUT2D eigenvalue weighted by atomic mass is 16.5. The van der Waals surface area contributed by atoms with E-state index >= 15 is 0 Å². The molecule has 0 aromatic rings. The van der Waals surface area contributed by atoms with Crippen LogP contribution in [0.25, 0.3) is 0 Å². The van der Waals surface area contributed by atoms with E-state index in [1.165, 1.54) is 39.9 Å². The molecule has 0 saturated carbocycles. The minimum Gasteiger partial charge on any atom is -0.469 e. The number of hydrogen-bond donors (Lipinski definition) is 1. The quantitative estimate of drug-likeness (QED) is 0.212. The van der Waals surface area contributed by atoms with Gasteiger partial charge in [0.1, 0.15) is 0 Å². The van der Waals surface area contributed by atoms with E-state index in [4.69, 9.17) is 4.74 Å². The lowest BCUT2D eigenvalue weighted by Crippen LogP contribution is -2.21. The summed E-state index contributed by atoms with van der Waals surface area (Å²) < 4.78 is 14.0. The van der Waals surface area contributed by atoms with Crippen LogP contribution in [0.3, 0.4) is 0 Å². The number of unbranched alkanes of at least 4 members (excludes halogenated alkanes) is 6. The fraction of sp³-hybridized carbons (Fsp3) is 0.750. The minimum atomic E-state index is -0.816. The van der Waals surface area contributed by atoms with Crippen molar-refractivity contribution in [3.63, 3.8) is 0 Å². The molecule has 1 unspecified atom stereocenters. The summed E-state index contributed by atoms with van der Waals surface area (Å²) in [5, 5.41) is 10.3. The summed E-state index contributed by atoms with van der Waals surface area (Å²) in [5.41, 5.74) is -0.194. The van der Waals surface area contributed by atoms with Crippen molar-refractivity contribution in [3.8, 4) is 0 Å². The van der Waals surface area contributed by atoms with Crippen molar-refractivity contribution in [1.82, 2.24) is 0 Å². The monoisotopic (exact) mass is 386 g/mol. The van der Waals surface area contributed by atoms with Gasteiger partial charge in [-0.3, -0.25) is 4.79 Å². The third-order valence-corrected chi connectivity index (χ3v) is 4.36. The number of aliphatic hydroxyl groups excluding tert-OH is 1. The van der Waals surface area contributed by atoms with E-state index in [-0.39, 0.29) is 17.6 Å². The van der Waals surface area contributed by atoms with E-state index < -0.39 is 30.4 Å². The van der Waals surface area contributed by atoms with Gasteiger partial charge in [0.05, 0.1) is 45.0 Å². The number of carbonyl (C=O) groups excluding carboxylic acids is 3. The molecule has 1 N–H and O–H groups in total. The average molecular weight is 386 g/mol. The lowest BCUT2D eigenvalue weighted by Gasteiger charge is -2.15. The summed E-state index contributed by atoms with van der Waals surface area (Å²) >= 11 is 0. The van der Waals surface area contributed by atoms with Crippen LogP contribution in [0, 0.1) is 0 Å². The van der Waals surface area contributed by atoms with Crippen molar-refractivity contribution in [3.05, 3.63) is 11.1 Å². The van der Waals surface area contributed by atoms with Gasteiger partial charge in [0, 0.05) is 6.42 Å². The van der Waals surface area contributed by atoms with Gasteiger partial charge in [-0.25, -0.2) is 9.59 Å². The third kappa shape index (κ3) is 10.8. The molecule has 7 nitrogen and oxygen atoms in total. The maximum absolute atomic E-state index is 12.1. The molecule has 0 aromatic carbocycles. The molecule has 0 radical (unpaired) electrons. The summed E-state index contributed by atoms with van der Waals surface area (Å²) in [4.78, 5) is 35.7. The maximum atomic E-state index is 12.1. The molecule has 0 aromatic heterocycles. The van der Waals surface area contributed by atoms with Crippen LogP contribution in [0.1, 0.15) is 71.1 Å². The van der Waals surface area contributed by atoms with Gasteiger partial charge in [-0.2, -0.15) is 0 Å². The fourth-order valence-corrected chi connectivity index (χ4v) is 2.77. The van der Waals surface area contributed by atoms with Crippen LogP contribution in [0.5, 0.6) is 0 Å². The zero-order valence-electron chi connectivity index (χ0n) is 17.0. The number of hydrogen-bond acceptors (Lipinski definition) is 7. The molecule has 0 saturated heterocycles. The fourth-order valence-electron chi connectivity index (χ4n) is 2.77. The van der Waals surface area contributed by atoms with Crippen LogP contribution in [0.2, 0.25) is 0 Å². The summed E-state index contributed by atoms with van der Waals surface area (Å²) in [5.74, 6) is -2.26. The molecule has 0 rings (SSSR count). The number of carbonyl (C=O) groups is 3. The Hall–Kier alpha value is -1.89. The molecular weight excluding hydrogens is 352 g/mol. The van der Waals surface area contributed by atoms with Gasteiger partial charge in [0.2, 0.25) is 0 Å². The Labute approximate surface area is 162 Å². The predicted octanol–water partition coefficient (Wildman–Crippen LogP) is 3.08. The summed E-state index contributed by atoms with van der Waals surface area (Å²) in [7, 11) is 3.52. The van der Waals surface area contributed by atoms with Crippen LogP contribution in [0.15, 0.2) is 11.1 Å². The Balaban J connectivity index is 4.92. The molecular formula is C20H34O7. The predicted molar refractivity (Wildman–Crippen MR) is 101 cm³/mol. The van der Waals surface area contributed by atoms with Crippen molar-refractivity contribution < 1.29 is 33.7 Å². The highest BCUT2D eigenvalue weighted by Gasteiger charge is 2.26. The zero-order valence-corrected chi connectivity index (χ0v) is 17.0. The van der Waals surface area contributed by atoms with E-state index in [9.17, 15) is 19.5 Å². The number of ether oxygens (including phenoxy) is 3. The van der Waals surface area contributed by atoms with Crippen LogP contribution in [-0.4, -0.2) is 50.4 Å². The van der Waals surface area contributed by atoms with Gasteiger partial charge in [-0.05, 0) is 6.42 Å². The molecule has 0 heterocycles. The van der Waals surface area contributed by atoms with E-state index in [2.05, 4.69) is 16.4 Å². The highest BCUT2D eigenvalue weighted by Crippen LogP contribution is 2.21. The average Bonchev–Trinajstić information content (AvgIpc) is 2.68. The zero-order chi connectivity index (χ0) is 20.7. The Kier molecular flexibility index (Phi) is 14.1. The third-order valence-electron chi connectivity index (χ3n) is 4.36. The van der Waals surface area contributed by atoms with Gasteiger partial charge in [0.25, 0.3) is 0 Å². The topological polar surface area (TPSA) is 99.1 Å². The van der Waals surface area contributed by atoms with E-state index in [1.54, 1.807) is 0 Å². The van der Waals surface area contributed by atoms with E-state index in [0.29, 0.717) is 6.42 Å². The molecule has 0 bridgehead atoms. The first-order valence-electron chi connectivity index (χ1n) is 9.54. The molecule has 27 heavy (non-hydrogen) atoms. The Bertz CT molecular complexity index is 497. The maximum Gasteiger partial charge on any atom is 0.334 e. The number of esters is 3. The van der Waals surface area contributed by atoms with Crippen molar-refractivity contribution in [2.24, 2.45) is 0 Å². The summed E-state index contributed by atoms with van der Waals surface area (Å²) in [6.07, 6.45) is 6.99. The second-order valence-electron chi connectivity index (χ2n) is 6.46. The number of methoxy groups -OCH3 is 3. The SMILES string of the molecule is CCCCCCCCCC(O)C/C(C(=O)OC)=C(\CC(=O)OC)C(=O)OC. The standard InChI is InChI=1S/C20H34O7/c1-5-6-7-8-9-10-11-12-15(21)13-16(19(23)26-3)17(20(24)27-4)14-18(22)25-2/h15,21H,5-14H2,1-4H3/b17-16-. The van der Waals surface area contributed by atoms with Crippen molar-refractivity contribution >= 4 is 17.9 Å². The van der Waals surface area contributed by atoms with Gasteiger partial charge in [-0.15, -0.1) is 0 Å². The molecule has 0 fully saturated rings. The molecule has 0 aliphatic heterocycles. The minimum absolute atomic E-state index is 0.0507. The van der Waals surface area contributed by atoms with Crippen molar-refractivity contribution in [1.29, 1.82) is 0 Å². The molecule has 0 aliphatic carbocycles. The van der Waals surface area contributed by atoms with Crippen LogP contribution >= 0.6 is 0 Å². The molecule has 1 atom stereocenters. The summed E-state index contributed by atoms with van der Waals surface area (Å²) in [6.45, 7) is 2.17. The number of aliphatic hydroxyl groups is 1. The lowest BCUT2D eigenvalue weighted by molar-refractivity contribution is -0.143. The van der Waals surface area contributed by atoms with Crippen LogP contribution in [0.4, 0.5) is 0 Å². The summed E-state index contributed by atoms with van der Waals surface area (Å²) in [6, 6.07) is 0. The smallest absolute Gasteiger partial charge is 0.334 e. The normalized spacial score (nSPS) is 12.8. The lowest BCUT2D eigenvalue weighted by atomic mass is 9.96. The first-order valence-corrected chi connectivity index (χ1v) is 9.54. The molecule has 0 amide bonds.